The van der Waals surface area contributed by atoms with Crippen LogP contribution in [-0.4, -0.2) is 18.0 Å². The number of halogens is 2. The third kappa shape index (κ3) is 2.25. The summed E-state index contributed by atoms with van der Waals surface area (Å²) >= 11 is 6.01. The van der Waals surface area contributed by atoms with E-state index in [4.69, 9.17) is 11.6 Å². The topological polar surface area (TPSA) is 29.4 Å². The molecule has 0 N–H and O–H groups in total. The van der Waals surface area contributed by atoms with Crippen LogP contribution in [0.25, 0.3) is 0 Å². The van der Waals surface area contributed by atoms with E-state index < -0.39 is 0 Å². The van der Waals surface area contributed by atoms with Crippen LogP contribution in [-0.2, 0) is 0 Å². The van der Waals surface area contributed by atoms with Gasteiger partial charge in [-0.15, -0.1) is 0 Å². The van der Waals surface area contributed by atoms with Gasteiger partial charge in [0.05, 0.1) is 5.71 Å². The molecular formula is C16H11ClFNO. The predicted molar refractivity (Wildman–Crippen MR) is 77.3 cm³/mol. The van der Waals surface area contributed by atoms with Gasteiger partial charge in [-0.1, -0.05) is 23.7 Å². The molecule has 20 heavy (non-hydrogen) atoms. The molecule has 2 aromatic carbocycles. The summed E-state index contributed by atoms with van der Waals surface area (Å²) in [6.45, 7) is 0.356. The Bertz CT molecular complexity index is 724. The molecule has 0 fully saturated rings. The molecule has 1 aliphatic rings. The largest absolute Gasteiger partial charge is 0.294 e. The second-order valence-corrected chi connectivity index (χ2v) is 5.01. The standard InChI is InChI=1S/C16H11ClFNO/c17-10-5-6-11-13(9-10)16(19-8-7-15(11)20)12-3-1-2-4-14(12)18/h1-6,9H,7-8H2. The zero-order chi connectivity index (χ0) is 14.1. The van der Waals surface area contributed by atoms with Gasteiger partial charge in [0.2, 0.25) is 0 Å². The first-order chi connectivity index (χ1) is 9.66. The van der Waals surface area contributed by atoms with Crippen molar-refractivity contribution in [3.63, 3.8) is 0 Å². The van der Waals surface area contributed by atoms with E-state index in [1.807, 2.05) is 0 Å². The number of carbonyl (C=O) groups is 1. The molecule has 1 aliphatic heterocycles. The van der Waals surface area contributed by atoms with Crippen molar-refractivity contribution in [1.29, 1.82) is 0 Å². The molecule has 0 atom stereocenters. The molecule has 1 heterocycles. The van der Waals surface area contributed by atoms with Crippen molar-refractivity contribution in [1.82, 2.24) is 0 Å². The molecule has 0 saturated carbocycles. The first-order valence-corrected chi connectivity index (χ1v) is 6.67. The van der Waals surface area contributed by atoms with Gasteiger partial charge in [0.1, 0.15) is 5.82 Å². The van der Waals surface area contributed by atoms with Crippen LogP contribution >= 0.6 is 11.6 Å². The van der Waals surface area contributed by atoms with E-state index in [-0.39, 0.29) is 11.6 Å². The summed E-state index contributed by atoms with van der Waals surface area (Å²) in [6, 6.07) is 11.4. The molecule has 0 spiro atoms. The van der Waals surface area contributed by atoms with Crippen molar-refractivity contribution in [2.75, 3.05) is 6.54 Å². The van der Waals surface area contributed by atoms with Crippen LogP contribution in [0, 0.1) is 5.82 Å². The first kappa shape index (κ1) is 13.0. The minimum absolute atomic E-state index is 0.00626. The van der Waals surface area contributed by atoms with Crippen LogP contribution in [0.15, 0.2) is 47.5 Å². The first-order valence-electron chi connectivity index (χ1n) is 6.29. The van der Waals surface area contributed by atoms with E-state index in [0.717, 1.165) is 0 Å². The summed E-state index contributed by atoms with van der Waals surface area (Å²) in [7, 11) is 0. The zero-order valence-corrected chi connectivity index (χ0v) is 11.3. The van der Waals surface area contributed by atoms with Crippen molar-refractivity contribution in [2.45, 2.75) is 6.42 Å². The van der Waals surface area contributed by atoms with Crippen LogP contribution in [0.1, 0.15) is 27.9 Å². The normalized spacial score (nSPS) is 14.5. The van der Waals surface area contributed by atoms with Gasteiger partial charge < -0.3 is 0 Å². The van der Waals surface area contributed by atoms with Crippen molar-refractivity contribution in [2.24, 2.45) is 4.99 Å². The van der Waals surface area contributed by atoms with Gasteiger partial charge in [-0.2, -0.15) is 0 Å². The number of carbonyl (C=O) groups excluding carboxylic acids is 1. The van der Waals surface area contributed by atoms with Crippen LogP contribution in [0.5, 0.6) is 0 Å². The summed E-state index contributed by atoms with van der Waals surface area (Å²) in [5.41, 5.74) is 2.04. The smallest absolute Gasteiger partial charge is 0.165 e. The highest BCUT2D eigenvalue weighted by Gasteiger charge is 2.21. The number of benzene rings is 2. The molecule has 0 aromatic heterocycles. The lowest BCUT2D eigenvalue weighted by Gasteiger charge is -2.10. The number of aliphatic imine (C=N–C) groups is 1. The fourth-order valence-electron chi connectivity index (χ4n) is 2.33. The molecular weight excluding hydrogens is 277 g/mol. The van der Waals surface area contributed by atoms with E-state index in [2.05, 4.69) is 4.99 Å². The highest BCUT2D eigenvalue weighted by atomic mass is 35.5. The van der Waals surface area contributed by atoms with E-state index in [1.54, 1.807) is 36.4 Å². The number of hydrogen-bond donors (Lipinski definition) is 0. The van der Waals surface area contributed by atoms with Gasteiger partial charge >= 0.3 is 0 Å². The van der Waals surface area contributed by atoms with E-state index >= 15 is 0 Å². The lowest BCUT2D eigenvalue weighted by molar-refractivity contribution is 0.0986. The number of nitrogens with zero attached hydrogens (tertiary/aromatic N) is 1. The Kier molecular flexibility index (Phi) is 3.36. The van der Waals surface area contributed by atoms with E-state index in [0.29, 0.717) is 40.4 Å². The number of ketones is 1. The van der Waals surface area contributed by atoms with E-state index in [9.17, 15) is 9.18 Å². The molecule has 3 rings (SSSR count). The number of Topliss-reactive ketones (excluding diaryl/α,β-unsaturated/α-hetero) is 1. The van der Waals surface area contributed by atoms with Gasteiger partial charge in [-0.05, 0) is 30.3 Å². The summed E-state index contributed by atoms with van der Waals surface area (Å²) in [4.78, 5) is 16.5. The highest BCUT2D eigenvalue weighted by molar-refractivity contribution is 6.32. The quantitative estimate of drug-likeness (QED) is 0.782. The highest BCUT2D eigenvalue weighted by Crippen LogP contribution is 2.24. The predicted octanol–water partition coefficient (Wildman–Crippen LogP) is 3.90. The molecule has 4 heteroatoms. The maximum Gasteiger partial charge on any atom is 0.165 e. The van der Waals surface area contributed by atoms with Crippen molar-refractivity contribution in [3.05, 3.63) is 70.0 Å². The monoisotopic (exact) mass is 287 g/mol. The zero-order valence-electron chi connectivity index (χ0n) is 10.6. The molecule has 100 valence electrons. The van der Waals surface area contributed by atoms with Crippen LogP contribution in [0.2, 0.25) is 5.02 Å². The number of hydrogen-bond acceptors (Lipinski definition) is 2. The van der Waals surface area contributed by atoms with Crippen LogP contribution in [0.4, 0.5) is 4.39 Å². The van der Waals surface area contributed by atoms with Gasteiger partial charge in [0, 0.05) is 34.7 Å². The molecule has 0 radical (unpaired) electrons. The summed E-state index contributed by atoms with van der Waals surface area (Å²) < 4.78 is 14.0. The Morgan fingerprint density at radius 1 is 1.05 bits per heavy atom. The van der Waals surface area contributed by atoms with Gasteiger partial charge in [0.25, 0.3) is 0 Å². The fraction of sp³-hybridized carbons (Fsp3) is 0.125. The average molecular weight is 288 g/mol. The maximum absolute atomic E-state index is 14.0. The summed E-state index contributed by atoms with van der Waals surface area (Å²) in [5, 5.41) is 0.502. The lowest BCUT2D eigenvalue weighted by atomic mass is 9.95. The lowest BCUT2D eigenvalue weighted by Crippen LogP contribution is -2.09. The maximum atomic E-state index is 14.0. The molecule has 0 amide bonds. The number of fused-ring (bicyclic) bond motifs is 1. The molecule has 0 bridgehead atoms. The summed E-state index contributed by atoms with van der Waals surface area (Å²) in [5.74, 6) is -0.349. The van der Waals surface area contributed by atoms with Crippen molar-refractivity contribution in [3.8, 4) is 0 Å². The fourth-order valence-corrected chi connectivity index (χ4v) is 2.50. The Morgan fingerprint density at radius 3 is 2.65 bits per heavy atom. The van der Waals surface area contributed by atoms with Crippen molar-refractivity contribution >= 4 is 23.1 Å². The van der Waals surface area contributed by atoms with Gasteiger partial charge in [-0.3, -0.25) is 9.79 Å². The molecule has 2 aromatic rings. The third-order valence-corrected chi connectivity index (χ3v) is 3.51. The SMILES string of the molecule is O=C1CCN=C(c2ccccc2F)c2cc(Cl)ccc21. The Labute approximate surface area is 120 Å². The Morgan fingerprint density at radius 2 is 1.85 bits per heavy atom. The van der Waals surface area contributed by atoms with Crippen LogP contribution < -0.4 is 0 Å². The number of rotatable bonds is 1. The average Bonchev–Trinajstić information content (AvgIpc) is 2.59. The molecule has 0 aliphatic carbocycles. The third-order valence-electron chi connectivity index (χ3n) is 3.27. The second kappa shape index (κ2) is 5.17. The van der Waals surface area contributed by atoms with Crippen molar-refractivity contribution < 1.29 is 9.18 Å². The molecule has 0 unspecified atom stereocenters. The summed E-state index contributed by atoms with van der Waals surface area (Å²) in [6.07, 6.45) is 0.326. The minimum atomic E-state index is -0.355. The van der Waals surface area contributed by atoms with Gasteiger partial charge in [0.15, 0.2) is 5.78 Å². The van der Waals surface area contributed by atoms with Gasteiger partial charge in [-0.25, -0.2) is 4.39 Å². The van der Waals surface area contributed by atoms with Crippen LogP contribution in [0.3, 0.4) is 0 Å². The Hall–Kier alpha value is -2.00. The Balaban J connectivity index is 2.25. The van der Waals surface area contributed by atoms with E-state index in [1.165, 1.54) is 6.07 Å². The molecule has 0 saturated heterocycles. The minimum Gasteiger partial charge on any atom is -0.294 e. The molecule has 2 nitrogen and oxygen atoms in total. The second-order valence-electron chi connectivity index (χ2n) is 4.57.